The van der Waals surface area contributed by atoms with Gasteiger partial charge in [-0.15, -0.1) is 0 Å². The Labute approximate surface area is 81.1 Å². The van der Waals surface area contributed by atoms with Crippen LogP contribution in [-0.2, 0) is 4.79 Å². The Hall–Kier alpha value is -0.370. The zero-order valence-corrected chi connectivity index (χ0v) is 8.97. The predicted molar refractivity (Wildman–Crippen MR) is 54.7 cm³/mol. The number of hydrogen-bond donors (Lipinski definition) is 1. The third-order valence-corrected chi connectivity index (χ3v) is 3.07. The summed E-state index contributed by atoms with van der Waals surface area (Å²) < 4.78 is 0. The minimum atomic E-state index is 0.193. The maximum Gasteiger partial charge on any atom is 0.140 e. The number of Topliss-reactive ketones (excluding diaryl/α,β-unsaturated/α-hetero) is 1. The van der Waals surface area contributed by atoms with E-state index in [2.05, 4.69) is 5.32 Å². The molecule has 76 valence electrons. The van der Waals surface area contributed by atoms with Crippen LogP contribution < -0.4 is 5.32 Å². The number of carbonyl (C=O) groups is 1. The van der Waals surface area contributed by atoms with E-state index in [1.165, 1.54) is 19.3 Å². The number of carbonyl (C=O) groups excluding carboxylic acids is 1. The lowest BCUT2D eigenvalue weighted by molar-refractivity contribution is -0.127. The van der Waals surface area contributed by atoms with Crippen molar-refractivity contribution in [2.24, 2.45) is 11.8 Å². The van der Waals surface area contributed by atoms with Gasteiger partial charge in [0.05, 0.1) is 0 Å². The summed E-state index contributed by atoms with van der Waals surface area (Å²) >= 11 is 0. The van der Waals surface area contributed by atoms with Crippen LogP contribution >= 0.6 is 0 Å². The number of rotatable bonds is 3. The third kappa shape index (κ3) is 2.53. The molecule has 0 aromatic rings. The average Bonchev–Trinajstić information content (AvgIpc) is 2.16. The van der Waals surface area contributed by atoms with Crippen molar-refractivity contribution in [2.45, 2.75) is 45.6 Å². The molecular formula is C11H21NO. The zero-order chi connectivity index (χ0) is 9.84. The minimum Gasteiger partial charge on any atom is -0.316 e. The molecule has 1 saturated carbocycles. The van der Waals surface area contributed by atoms with Crippen LogP contribution in [0.1, 0.15) is 39.5 Å². The van der Waals surface area contributed by atoms with Crippen LogP contribution in [0.25, 0.3) is 0 Å². The molecule has 1 aliphatic rings. The van der Waals surface area contributed by atoms with Crippen LogP contribution in [0.3, 0.4) is 0 Å². The summed E-state index contributed by atoms with van der Waals surface area (Å²) in [5.41, 5.74) is 0. The normalized spacial score (nSPS) is 29.2. The second kappa shape index (κ2) is 4.75. The van der Waals surface area contributed by atoms with E-state index in [1.807, 2.05) is 20.9 Å². The van der Waals surface area contributed by atoms with Gasteiger partial charge in [-0.05, 0) is 19.9 Å². The molecule has 0 aromatic carbocycles. The highest BCUT2D eigenvalue weighted by molar-refractivity contribution is 5.83. The van der Waals surface area contributed by atoms with E-state index in [4.69, 9.17) is 0 Å². The van der Waals surface area contributed by atoms with Gasteiger partial charge in [-0.1, -0.05) is 26.7 Å². The molecule has 0 bridgehead atoms. The Bertz CT molecular complexity index is 177. The molecule has 1 N–H and O–H groups in total. The fourth-order valence-corrected chi connectivity index (χ4v) is 2.25. The number of hydrogen-bond acceptors (Lipinski definition) is 2. The maximum atomic E-state index is 11.8. The quantitative estimate of drug-likeness (QED) is 0.725. The van der Waals surface area contributed by atoms with Gasteiger partial charge >= 0.3 is 0 Å². The van der Waals surface area contributed by atoms with Gasteiger partial charge in [-0.2, -0.15) is 0 Å². The molecule has 1 rings (SSSR count). The van der Waals surface area contributed by atoms with E-state index in [0.29, 0.717) is 11.8 Å². The van der Waals surface area contributed by atoms with E-state index >= 15 is 0 Å². The van der Waals surface area contributed by atoms with Gasteiger partial charge in [-0.3, -0.25) is 4.79 Å². The van der Waals surface area contributed by atoms with Crippen LogP contribution in [0.2, 0.25) is 0 Å². The molecule has 0 spiro atoms. The Morgan fingerprint density at radius 3 is 2.46 bits per heavy atom. The van der Waals surface area contributed by atoms with Crippen molar-refractivity contribution in [3.63, 3.8) is 0 Å². The molecule has 1 fully saturated rings. The van der Waals surface area contributed by atoms with Crippen molar-refractivity contribution in [1.82, 2.24) is 5.32 Å². The van der Waals surface area contributed by atoms with Crippen LogP contribution in [0.4, 0.5) is 0 Å². The Balaban J connectivity index is 2.58. The van der Waals surface area contributed by atoms with Gasteiger partial charge in [0.2, 0.25) is 0 Å². The molecule has 0 aliphatic heterocycles. The van der Waals surface area contributed by atoms with Gasteiger partial charge in [-0.25, -0.2) is 0 Å². The van der Waals surface area contributed by atoms with Crippen molar-refractivity contribution >= 4 is 5.78 Å². The summed E-state index contributed by atoms with van der Waals surface area (Å²) in [5, 5.41) is 3.27. The van der Waals surface area contributed by atoms with Crippen LogP contribution in [0.5, 0.6) is 0 Å². The van der Waals surface area contributed by atoms with Crippen LogP contribution in [0.15, 0.2) is 0 Å². The van der Waals surface area contributed by atoms with Crippen LogP contribution in [0, 0.1) is 11.8 Å². The minimum absolute atomic E-state index is 0.193. The first kappa shape index (κ1) is 10.7. The molecule has 0 saturated heterocycles. The fraction of sp³-hybridized carbons (Fsp3) is 0.909. The monoisotopic (exact) mass is 183 g/mol. The average molecular weight is 183 g/mol. The largest absolute Gasteiger partial charge is 0.316 e. The smallest absolute Gasteiger partial charge is 0.140 e. The lowest BCUT2D eigenvalue weighted by atomic mass is 9.79. The van der Waals surface area contributed by atoms with Gasteiger partial charge < -0.3 is 5.32 Å². The predicted octanol–water partition coefficient (Wildman–Crippen LogP) is 1.99. The summed E-state index contributed by atoms with van der Waals surface area (Å²) in [6.07, 6.45) is 4.75. The summed E-state index contributed by atoms with van der Waals surface area (Å²) in [6.45, 7) is 4.01. The molecule has 2 nitrogen and oxygen atoms in total. The van der Waals surface area contributed by atoms with E-state index in [9.17, 15) is 4.79 Å². The van der Waals surface area contributed by atoms with E-state index in [0.717, 1.165) is 6.42 Å². The molecule has 2 unspecified atom stereocenters. The van der Waals surface area contributed by atoms with E-state index in [-0.39, 0.29) is 11.8 Å². The molecule has 13 heavy (non-hydrogen) atoms. The van der Waals surface area contributed by atoms with E-state index < -0.39 is 0 Å². The Morgan fingerprint density at radius 1 is 1.31 bits per heavy atom. The first-order valence-corrected chi connectivity index (χ1v) is 5.37. The van der Waals surface area contributed by atoms with Crippen molar-refractivity contribution in [1.29, 1.82) is 0 Å². The van der Waals surface area contributed by atoms with Crippen LogP contribution in [-0.4, -0.2) is 18.9 Å². The molecule has 2 heteroatoms. The Kier molecular flexibility index (Phi) is 3.91. The topological polar surface area (TPSA) is 29.1 Å². The highest BCUT2D eigenvalue weighted by Gasteiger charge is 2.30. The summed E-state index contributed by atoms with van der Waals surface area (Å²) in [5.74, 6) is 0.914. The summed E-state index contributed by atoms with van der Waals surface area (Å²) in [4.78, 5) is 11.8. The molecule has 0 amide bonds. The lowest BCUT2D eigenvalue weighted by Gasteiger charge is -2.31. The summed E-state index contributed by atoms with van der Waals surface area (Å²) in [6, 6.07) is 0.434. The van der Waals surface area contributed by atoms with Crippen molar-refractivity contribution in [3.05, 3.63) is 0 Å². The molecule has 1 aliphatic carbocycles. The maximum absolute atomic E-state index is 11.8. The summed E-state index contributed by atoms with van der Waals surface area (Å²) in [7, 11) is 1.97. The standard InChI is InChI=1S/C11H21NO/c1-8(2)11(13)9-6-4-5-7-10(9)12-3/h8-10,12H,4-7H2,1-3H3. The van der Waals surface area contributed by atoms with Gasteiger partial charge in [0, 0.05) is 17.9 Å². The highest BCUT2D eigenvalue weighted by atomic mass is 16.1. The molecular weight excluding hydrogens is 162 g/mol. The van der Waals surface area contributed by atoms with Gasteiger partial charge in [0.1, 0.15) is 5.78 Å². The number of ketones is 1. The third-order valence-electron chi connectivity index (χ3n) is 3.07. The second-order valence-corrected chi connectivity index (χ2v) is 4.34. The molecule has 0 radical (unpaired) electrons. The molecule has 2 atom stereocenters. The lowest BCUT2D eigenvalue weighted by Crippen LogP contribution is -2.41. The Morgan fingerprint density at radius 2 is 1.92 bits per heavy atom. The molecule has 0 aromatic heterocycles. The highest BCUT2D eigenvalue weighted by Crippen LogP contribution is 2.26. The van der Waals surface area contributed by atoms with Crippen molar-refractivity contribution in [2.75, 3.05) is 7.05 Å². The van der Waals surface area contributed by atoms with Gasteiger partial charge in [0.25, 0.3) is 0 Å². The fourth-order valence-electron chi connectivity index (χ4n) is 2.25. The zero-order valence-electron chi connectivity index (χ0n) is 8.97. The van der Waals surface area contributed by atoms with Crippen molar-refractivity contribution in [3.8, 4) is 0 Å². The van der Waals surface area contributed by atoms with Crippen molar-refractivity contribution < 1.29 is 4.79 Å². The second-order valence-electron chi connectivity index (χ2n) is 4.34. The van der Waals surface area contributed by atoms with E-state index in [1.54, 1.807) is 0 Å². The first-order chi connectivity index (χ1) is 6.16. The van der Waals surface area contributed by atoms with Gasteiger partial charge in [0.15, 0.2) is 0 Å². The molecule has 0 heterocycles. The SMILES string of the molecule is CNC1CCCCC1C(=O)C(C)C. The first-order valence-electron chi connectivity index (χ1n) is 5.37. The number of nitrogens with one attached hydrogen (secondary N) is 1.